The maximum Gasteiger partial charge on any atom is 0.416 e. The molecule has 0 bridgehead atoms. The van der Waals surface area contributed by atoms with Gasteiger partial charge in [-0.25, -0.2) is 5.43 Å². The number of hydrogen-bond acceptors (Lipinski definition) is 5. The van der Waals surface area contributed by atoms with Gasteiger partial charge in [-0.1, -0.05) is 6.07 Å². The first-order valence-corrected chi connectivity index (χ1v) is 8.88. The van der Waals surface area contributed by atoms with Crippen molar-refractivity contribution in [1.29, 1.82) is 0 Å². The Labute approximate surface area is 167 Å². The molecule has 0 radical (unpaired) electrons. The van der Waals surface area contributed by atoms with Gasteiger partial charge < -0.3 is 15.2 Å². The molecule has 0 atom stereocenters. The molecule has 2 rings (SSSR count). The summed E-state index contributed by atoms with van der Waals surface area (Å²) in [7, 11) is 0. The summed E-state index contributed by atoms with van der Waals surface area (Å²) < 4.78 is 43.7. The summed E-state index contributed by atoms with van der Waals surface area (Å²) in [6.07, 6.45) is -3.11. The molecule has 6 nitrogen and oxygen atoms in total. The van der Waals surface area contributed by atoms with Crippen LogP contribution in [0.1, 0.15) is 18.1 Å². The molecule has 0 unspecified atom stereocenters. The fraction of sp³-hybridized carbons (Fsp3) is 0.222. The van der Waals surface area contributed by atoms with E-state index < -0.39 is 17.6 Å². The minimum atomic E-state index is -4.46. The van der Waals surface area contributed by atoms with Crippen LogP contribution in [0, 0.1) is 0 Å². The van der Waals surface area contributed by atoms with Gasteiger partial charge >= 0.3 is 6.18 Å². The Kier molecular flexibility index (Phi) is 7.27. The van der Waals surface area contributed by atoms with Gasteiger partial charge in [-0.3, -0.25) is 4.79 Å². The van der Waals surface area contributed by atoms with Crippen LogP contribution >= 0.6 is 15.9 Å². The molecule has 0 saturated carbocycles. The highest BCUT2D eigenvalue weighted by atomic mass is 79.9. The molecule has 2 aromatic carbocycles. The summed E-state index contributed by atoms with van der Waals surface area (Å²) >= 11 is 3.19. The highest BCUT2D eigenvalue weighted by Crippen LogP contribution is 2.35. The van der Waals surface area contributed by atoms with Crippen molar-refractivity contribution in [2.45, 2.75) is 13.1 Å². The van der Waals surface area contributed by atoms with Crippen LogP contribution in [0.15, 0.2) is 46.0 Å². The Balaban J connectivity index is 1.92. The Hall–Kier alpha value is -2.75. The molecule has 150 valence electrons. The zero-order valence-corrected chi connectivity index (χ0v) is 16.3. The van der Waals surface area contributed by atoms with E-state index >= 15 is 0 Å². The quantitative estimate of drug-likeness (QED) is 0.429. The van der Waals surface area contributed by atoms with E-state index in [9.17, 15) is 23.1 Å². The van der Waals surface area contributed by atoms with Gasteiger partial charge in [0.1, 0.15) is 0 Å². The van der Waals surface area contributed by atoms with Gasteiger partial charge in [0.25, 0.3) is 5.91 Å². The number of nitrogens with zero attached hydrogens (tertiary/aromatic N) is 1. The molecule has 0 aliphatic carbocycles. The van der Waals surface area contributed by atoms with Crippen molar-refractivity contribution in [3.8, 4) is 11.5 Å². The van der Waals surface area contributed by atoms with E-state index in [1.807, 2.05) is 0 Å². The van der Waals surface area contributed by atoms with E-state index in [2.05, 4.69) is 31.8 Å². The number of hydrazone groups is 1. The lowest BCUT2D eigenvalue weighted by Crippen LogP contribution is -2.26. The number of ether oxygens (including phenoxy) is 1. The van der Waals surface area contributed by atoms with Crippen molar-refractivity contribution in [2.75, 3.05) is 18.5 Å². The molecule has 2 aromatic rings. The summed E-state index contributed by atoms with van der Waals surface area (Å²) in [5.74, 6) is -0.333. The second-order valence-corrected chi connectivity index (χ2v) is 6.36. The lowest BCUT2D eigenvalue weighted by molar-refractivity contribution is -0.137. The molecule has 0 spiro atoms. The number of amides is 1. The van der Waals surface area contributed by atoms with Gasteiger partial charge in [0, 0.05) is 5.69 Å². The Morgan fingerprint density at radius 2 is 2.07 bits per heavy atom. The number of nitrogens with one attached hydrogen (secondary N) is 2. The van der Waals surface area contributed by atoms with Crippen LogP contribution in [0.25, 0.3) is 0 Å². The molecule has 0 fully saturated rings. The molecule has 28 heavy (non-hydrogen) atoms. The van der Waals surface area contributed by atoms with Crippen molar-refractivity contribution >= 4 is 33.7 Å². The summed E-state index contributed by atoms with van der Waals surface area (Å²) in [4.78, 5) is 11.8. The van der Waals surface area contributed by atoms with Crippen LogP contribution in [0.4, 0.5) is 18.9 Å². The molecule has 0 saturated heterocycles. The Morgan fingerprint density at radius 1 is 1.32 bits per heavy atom. The third kappa shape index (κ3) is 6.15. The highest BCUT2D eigenvalue weighted by molar-refractivity contribution is 9.10. The lowest BCUT2D eigenvalue weighted by Gasteiger charge is -2.10. The zero-order chi connectivity index (χ0) is 20.7. The van der Waals surface area contributed by atoms with Gasteiger partial charge in [-0.15, -0.1) is 0 Å². The predicted molar refractivity (Wildman–Crippen MR) is 103 cm³/mol. The minimum absolute atomic E-state index is 0.0478. The number of carbonyl (C=O) groups is 1. The SMILES string of the molecule is CCOc1cc(/C=N\NC(=O)CNc2cccc(C(F)(F)F)c2)cc(Br)c1O. The monoisotopic (exact) mass is 459 g/mol. The van der Waals surface area contributed by atoms with E-state index in [0.29, 0.717) is 16.6 Å². The van der Waals surface area contributed by atoms with Crippen molar-refractivity contribution in [3.63, 3.8) is 0 Å². The number of aromatic hydroxyl groups is 1. The number of phenolic OH excluding ortho intramolecular Hbond substituents is 1. The van der Waals surface area contributed by atoms with Crippen LogP contribution < -0.4 is 15.5 Å². The average molecular weight is 460 g/mol. The predicted octanol–water partition coefficient (Wildman–Crippen LogP) is 4.13. The normalized spacial score (nSPS) is 11.5. The molecule has 1 amide bonds. The molecule has 10 heteroatoms. The van der Waals surface area contributed by atoms with E-state index in [0.717, 1.165) is 12.1 Å². The number of rotatable bonds is 7. The van der Waals surface area contributed by atoms with Crippen molar-refractivity contribution in [1.82, 2.24) is 5.43 Å². The number of carbonyl (C=O) groups excluding carboxylic acids is 1. The van der Waals surface area contributed by atoms with Gasteiger partial charge in [-0.05, 0) is 58.7 Å². The van der Waals surface area contributed by atoms with Crippen LogP contribution in [0.5, 0.6) is 11.5 Å². The maximum absolute atomic E-state index is 12.7. The molecule has 0 aliphatic heterocycles. The second-order valence-electron chi connectivity index (χ2n) is 5.51. The van der Waals surface area contributed by atoms with Crippen molar-refractivity contribution in [2.24, 2.45) is 5.10 Å². The van der Waals surface area contributed by atoms with E-state index in [1.165, 1.54) is 18.3 Å². The molecular formula is C18H17BrF3N3O3. The van der Waals surface area contributed by atoms with Gasteiger partial charge in [0.05, 0.1) is 29.4 Å². The van der Waals surface area contributed by atoms with Crippen LogP contribution in [0.3, 0.4) is 0 Å². The standard InChI is InChI=1S/C18H17BrF3N3O3/c1-2-28-15-7-11(6-14(19)17(15)27)9-24-25-16(26)10-23-13-5-3-4-12(8-13)18(20,21)22/h3-9,23,27H,2,10H2,1H3,(H,25,26)/b24-9-. The third-order valence-electron chi connectivity index (χ3n) is 3.40. The number of anilines is 1. The zero-order valence-electron chi connectivity index (χ0n) is 14.7. The molecular weight excluding hydrogens is 443 g/mol. The first-order valence-electron chi connectivity index (χ1n) is 8.09. The average Bonchev–Trinajstić information content (AvgIpc) is 2.64. The van der Waals surface area contributed by atoms with Gasteiger partial charge in [-0.2, -0.15) is 18.3 Å². The first kappa shape index (κ1) is 21.5. The number of halogens is 4. The van der Waals surface area contributed by atoms with E-state index in [4.69, 9.17) is 4.74 Å². The van der Waals surface area contributed by atoms with E-state index in [-0.39, 0.29) is 23.7 Å². The molecule has 0 heterocycles. The highest BCUT2D eigenvalue weighted by Gasteiger charge is 2.30. The smallest absolute Gasteiger partial charge is 0.416 e. The maximum atomic E-state index is 12.7. The fourth-order valence-electron chi connectivity index (χ4n) is 2.14. The molecule has 0 aliphatic rings. The van der Waals surface area contributed by atoms with E-state index in [1.54, 1.807) is 19.1 Å². The summed E-state index contributed by atoms with van der Waals surface area (Å²) in [6.45, 7) is 1.87. The fourth-order valence-corrected chi connectivity index (χ4v) is 2.60. The second kappa shape index (κ2) is 9.45. The molecule has 0 aromatic heterocycles. The number of hydrogen-bond donors (Lipinski definition) is 3. The largest absolute Gasteiger partial charge is 0.503 e. The van der Waals surface area contributed by atoms with Crippen LogP contribution in [-0.4, -0.2) is 30.4 Å². The lowest BCUT2D eigenvalue weighted by atomic mass is 10.2. The minimum Gasteiger partial charge on any atom is -0.503 e. The van der Waals surface area contributed by atoms with Crippen molar-refractivity contribution < 1.29 is 27.8 Å². The van der Waals surface area contributed by atoms with Crippen molar-refractivity contribution in [3.05, 3.63) is 52.0 Å². The third-order valence-corrected chi connectivity index (χ3v) is 4.00. The Bertz CT molecular complexity index is 873. The van der Waals surface area contributed by atoms with Gasteiger partial charge in [0.2, 0.25) is 0 Å². The first-order chi connectivity index (χ1) is 13.2. The number of alkyl halides is 3. The Morgan fingerprint density at radius 3 is 2.75 bits per heavy atom. The van der Waals surface area contributed by atoms with Gasteiger partial charge in [0.15, 0.2) is 11.5 Å². The summed E-state index contributed by atoms with van der Waals surface area (Å²) in [6, 6.07) is 7.66. The van der Waals surface area contributed by atoms with Crippen LogP contribution in [-0.2, 0) is 11.0 Å². The number of benzene rings is 2. The topological polar surface area (TPSA) is 83.0 Å². The summed E-state index contributed by atoms with van der Waals surface area (Å²) in [5, 5.41) is 16.2. The number of phenols is 1. The van der Waals surface area contributed by atoms with Crippen LogP contribution in [0.2, 0.25) is 0 Å². The molecule has 3 N–H and O–H groups in total. The summed E-state index contributed by atoms with van der Waals surface area (Å²) in [5.41, 5.74) is 2.17.